The van der Waals surface area contributed by atoms with E-state index in [1.165, 1.54) is 11.8 Å². The standard InChI is InChI=1S/C14H13ClO3S/c1-17-10-4-5-13(15)12(7-10)14(16)9-19-8-11-3-2-6-18-11/h2-7H,8-9H2,1H3. The van der Waals surface area contributed by atoms with Gasteiger partial charge in [-0.05, 0) is 30.3 Å². The third kappa shape index (κ3) is 3.78. The number of thioether (sulfide) groups is 1. The smallest absolute Gasteiger partial charge is 0.174 e. The number of ketones is 1. The Labute approximate surface area is 120 Å². The van der Waals surface area contributed by atoms with Crippen molar-refractivity contribution in [2.45, 2.75) is 5.75 Å². The van der Waals surface area contributed by atoms with Gasteiger partial charge in [-0.1, -0.05) is 11.6 Å². The molecule has 0 spiro atoms. The van der Waals surface area contributed by atoms with Crippen LogP contribution in [-0.2, 0) is 5.75 Å². The van der Waals surface area contributed by atoms with Crippen LogP contribution in [0.5, 0.6) is 5.75 Å². The van der Waals surface area contributed by atoms with Crippen LogP contribution in [0.3, 0.4) is 0 Å². The van der Waals surface area contributed by atoms with E-state index in [1.807, 2.05) is 12.1 Å². The van der Waals surface area contributed by atoms with Crippen molar-refractivity contribution in [3.63, 3.8) is 0 Å². The van der Waals surface area contributed by atoms with Crippen molar-refractivity contribution in [3.8, 4) is 5.75 Å². The number of furan rings is 1. The molecule has 0 amide bonds. The molecule has 0 saturated heterocycles. The maximum absolute atomic E-state index is 12.1. The summed E-state index contributed by atoms with van der Waals surface area (Å²) in [5.74, 6) is 2.49. The van der Waals surface area contributed by atoms with Crippen molar-refractivity contribution >= 4 is 29.1 Å². The zero-order chi connectivity index (χ0) is 13.7. The molecular weight excluding hydrogens is 284 g/mol. The summed E-state index contributed by atoms with van der Waals surface area (Å²) in [5.41, 5.74) is 0.493. The molecule has 0 N–H and O–H groups in total. The molecule has 5 heteroatoms. The van der Waals surface area contributed by atoms with Crippen LogP contribution < -0.4 is 4.74 Å². The van der Waals surface area contributed by atoms with Gasteiger partial charge in [0.05, 0.1) is 29.9 Å². The Hall–Kier alpha value is -1.39. The third-order valence-corrected chi connectivity index (χ3v) is 3.82. The van der Waals surface area contributed by atoms with Gasteiger partial charge in [0.15, 0.2) is 5.78 Å². The van der Waals surface area contributed by atoms with Gasteiger partial charge in [0, 0.05) is 5.56 Å². The first-order valence-corrected chi connectivity index (χ1v) is 7.21. The Morgan fingerprint density at radius 1 is 1.42 bits per heavy atom. The van der Waals surface area contributed by atoms with Crippen LogP contribution in [0.2, 0.25) is 5.02 Å². The molecule has 0 atom stereocenters. The lowest BCUT2D eigenvalue weighted by Gasteiger charge is -2.06. The van der Waals surface area contributed by atoms with E-state index in [4.69, 9.17) is 20.8 Å². The Kier molecular flexibility index (Phi) is 4.93. The minimum absolute atomic E-state index is 0.0135. The molecule has 3 nitrogen and oxygen atoms in total. The maximum Gasteiger partial charge on any atom is 0.174 e. The molecule has 0 aliphatic carbocycles. The van der Waals surface area contributed by atoms with Gasteiger partial charge < -0.3 is 9.15 Å². The largest absolute Gasteiger partial charge is 0.497 e. The highest BCUT2D eigenvalue weighted by molar-refractivity contribution is 7.99. The monoisotopic (exact) mass is 296 g/mol. The molecule has 2 rings (SSSR count). The number of Topliss-reactive ketones (excluding diaryl/α,β-unsaturated/α-hetero) is 1. The summed E-state index contributed by atoms with van der Waals surface area (Å²) >= 11 is 7.52. The predicted molar refractivity (Wildman–Crippen MR) is 77.2 cm³/mol. The number of hydrogen-bond acceptors (Lipinski definition) is 4. The molecule has 1 aromatic carbocycles. The molecule has 0 radical (unpaired) electrons. The fourth-order valence-electron chi connectivity index (χ4n) is 1.56. The average Bonchev–Trinajstić information content (AvgIpc) is 2.92. The minimum atomic E-state index is -0.0135. The van der Waals surface area contributed by atoms with Crippen molar-refractivity contribution in [3.05, 3.63) is 52.9 Å². The molecule has 0 aliphatic rings. The molecule has 100 valence electrons. The van der Waals surface area contributed by atoms with Gasteiger partial charge >= 0.3 is 0 Å². The average molecular weight is 297 g/mol. The molecule has 0 saturated carbocycles. The Morgan fingerprint density at radius 3 is 2.95 bits per heavy atom. The van der Waals surface area contributed by atoms with Crippen LogP contribution in [0.25, 0.3) is 0 Å². The minimum Gasteiger partial charge on any atom is -0.497 e. The summed E-state index contributed by atoms with van der Waals surface area (Å²) in [5, 5.41) is 0.449. The Balaban J connectivity index is 1.95. The number of carbonyl (C=O) groups is 1. The van der Waals surface area contributed by atoms with Crippen molar-refractivity contribution < 1.29 is 13.9 Å². The van der Waals surface area contributed by atoms with E-state index < -0.39 is 0 Å². The second-order valence-corrected chi connectivity index (χ2v) is 5.23. The first-order chi connectivity index (χ1) is 9.20. The molecule has 1 aromatic heterocycles. The highest BCUT2D eigenvalue weighted by Crippen LogP contribution is 2.24. The van der Waals surface area contributed by atoms with E-state index in [0.717, 1.165) is 5.76 Å². The van der Waals surface area contributed by atoms with Crippen LogP contribution in [0.15, 0.2) is 41.0 Å². The summed E-state index contributed by atoms with van der Waals surface area (Å²) in [4.78, 5) is 12.1. The van der Waals surface area contributed by atoms with Gasteiger partial charge in [-0.3, -0.25) is 4.79 Å². The fraction of sp³-hybridized carbons (Fsp3) is 0.214. The lowest BCUT2D eigenvalue weighted by Crippen LogP contribution is -2.04. The molecular formula is C14H13ClO3S. The van der Waals surface area contributed by atoms with E-state index >= 15 is 0 Å². The van der Waals surface area contributed by atoms with Gasteiger partial charge in [-0.25, -0.2) is 0 Å². The zero-order valence-electron chi connectivity index (χ0n) is 10.4. The number of methoxy groups -OCH3 is 1. The van der Waals surface area contributed by atoms with Gasteiger partial charge in [-0.2, -0.15) is 0 Å². The molecule has 1 heterocycles. The summed E-state index contributed by atoms with van der Waals surface area (Å²) in [6, 6.07) is 8.78. The summed E-state index contributed by atoms with van der Waals surface area (Å²) in [6.07, 6.45) is 1.62. The number of carbonyl (C=O) groups excluding carboxylic acids is 1. The highest BCUT2D eigenvalue weighted by Gasteiger charge is 2.12. The Morgan fingerprint density at radius 2 is 2.26 bits per heavy atom. The van der Waals surface area contributed by atoms with E-state index in [-0.39, 0.29) is 5.78 Å². The Bertz CT molecular complexity index is 552. The fourth-order valence-corrected chi connectivity index (χ4v) is 2.59. The van der Waals surface area contributed by atoms with Gasteiger partial charge in [0.1, 0.15) is 11.5 Å². The van der Waals surface area contributed by atoms with Crippen LogP contribution >= 0.6 is 23.4 Å². The number of ether oxygens (including phenoxy) is 1. The molecule has 0 bridgehead atoms. The lowest BCUT2D eigenvalue weighted by molar-refractivity contribution is 0.102. The first-order valence-electron chi connectivity index (χ1n) is 5.67. The number of hydrogen-bond donors (Lipinski definition) is 0. The van der Waals surface area contributed by atoms with Crippen LogP contribution in [0.1, 0.15) is 16.1 Å². The third-order valence-electron chi connectivity index (χ3n) is 2.53. The first kappa shape index (κ1) is 14.0. The second-order valence-electron chi connectivity index (χ2n) is 3.84. The quantitative estimate of drug-likeness (QED) is 0.754. The van der Waals surface area contributed by atoms with Crippen molar-refractivity contribution in [1.29, 1.82) is 0 Å². The molecule has 2 aromatic rings. The van der Waals surface area contributed by atoms with Crippen LogP contribution in [0, 0.1) is 0 Å². The number of rotatable bonds is 6. The van der Waals surface area contributed by atoms with Crippen LogP contribution in [0.4, 0.5) is 0 Å². The summed E-state index contributed by atoms with van der Waals surface area (Å²) in [7, 11) is 1.56. The van der Waals surface area contributed by atoms with Crippen molar-refractivity contribution in [2.75, 3.05) is 12.9 Å². The van der Waals surface area contributed by atoms with Crippen molar-refractivity contribution in [2.24, 2.45) is 0 Å². The van der Waals surface area contributed by atoms with Gasteiger partial charge in [0.25, 0.3) is 0 Å². The second kappa shape index (κ2) is 6.68. The SMILES string of the molecule is COc1ccc(Cl)c(C(=O)CSCc2ccco2)c1. The maximum atomic E-state index is 12.1. The number of halogens is 1. The van der Waals surface area contributed by atoms with E-state index in [1.54, 1.807) is 31.6 Å². The van der Waals surface area contributed by atoms with Gasteiger partial charge in [0.2, 0.25) is 0 Å². The van der Waals surface area contributed by atoms with E-state index in [0.29, 0.717) is 27.8 Å². The summed E-state index contributed by atoms with van der Waals surface area (Å²) in [6.45, 7) is 0. The van der Waals surface area contributed by atoms with Crippen molar-refractivity contribution in [1.82, 2.24) is 0 Å². The topological polar surface area (TPSA) is 39.4 Å². The molecule has 0 aliphatic heterocycles. The molecule has 0 fully saturated rings. The van der Waals surface area contributed by atoms with Crippen LogP contribution in [-0.4, -0.2) is 18.6 Å². The zero-order valence-corrected chi connectivity index (χ0v) is 12.0. The van der Waals surface area contributed by atoms with Gasteiger partial charge in [-0.15, -0.1) is 11.8 Å². The normalized spacial score (nSPS) is 10.4. The summed E-state index contributed by atoms with van der Waals surface area (Å²) < 4.78 is 10.3. The van der Waals surface area contributed by atoms with E-state index in [9.17, 15) is 4.79 Å². The number of benzene rings is 1. The lowest BCUT2D eigenvalue weighted by atomic mass is 10.1. The highest BCUT2D eigenvalue weighted by atomic mass is 35.5. The van der Waals surface area contributed by atoms with E-state index in [2.05, 4.69) is 0 Å². The molecule has 0 unspecified atom stereocenters. The molecule has 19 heavy (non-hydrogen) atoms. The predicted octanol–water partition coefficient (Wildman–Crippen LogP) is 4.06.